The number of esters is 1. The lowest BCUT2D eigenvalue weighted by Crippen LogP contribution is -2.27. The number of rotatable bonds is 7. The predicted molar refractivity (Wildman–Crippen MR) is 101 cm³/mol. The van der Waals surface area contributed by atoms with E-state index in [-0.39, 0.29) is 22.0 Å². The molecule has 0 heterocycles. The highest BCUT2D eigenvalue weighted by molar-refractivity contribution is 7.89. The number of sulfonamides is 1. The minimum absolute atomic E-state index is 0.0207. The topological polar surface area (TPSA) is 82.1 Å². The third-order valence-electron chi connectivity index (χ3n) is 3.93. The summed E-state index contributed by atoms with van der Waals surface area (Å²) < 4.78 is 42.1. The first-order valence-corrected chi connectivity index (χ1v) is 9.61. The first kappa shape index (κ1) is 21.0. The van der Waals surface area contributed by atoms with Crippen molar-refractivity contribution in [1.82, 2.24) is 4.31 Å². The summed E-state index contributed by atoms with van der Waals surface area (Å²) in [6.07, 6.45) is 0. The standard InChI is InChI=1S/C18H20ClNO6S/c1-20(11-12-9-13(24-2)5-8-17(12)25-3)27(22,23)14-6-7-16(19)15(10-14)18(21)26-4/h5-10H,11H2,1-4H3. The van der Waals surface area contributed by atoms with E-state index in [1.165, 1.54) is 46.6 Å². The van der Waals surface area contributed by atoms with E-state index in [1.54, 1.807) is 18.2 Å². The molecule has 0 saturated carbocycles. The molecule has 146 valence electrons. The second-order valence-corrected chi connectivity index (χ2v) is 8.02. The van der Waals surface area contributed by atoms with E-state index in [1.807, 2.05) is 0 Å². The molecular weight excluding hydrogens is 394 g/mol. The van der Waals surface area contributed by atoms with Gasteiger partial charge in [-0.15, -0.1) is 0 Å². The van der Waals surface area contributed by atoms with Gasteiger partial charge >= 0.3 is 5.97 Å². The SMILES string of the molecule is COC(=O)c1cc(S(=O)(=O)N(C)Cc2cc(OC)ccc2OC)ccc1Cl. The zero-order chi connectivity index (χ0) is 20.2. The first-order valence-electron chi connectivity index (χ1n) is 7.79. The highest BCUT2D eigenvalue weighted by Crippen LogP contribution is 2.28. The van der Waals surface area contributed by atoms with Gasteiger partial charge in [0.2, 0.25) is 10.0 Å². The maximum Gasteiger partial charge on any atom is 0.339 e. The summed E-state index contributed by atoms with van der Waals surface area (Å²) in [6.45, 7) is 0.0406. The monoisotopic (exact) mass is 413 g/mol. The zero-order valence-electron chi connectivity index (χ0n) is 15.4. The Hall–Kier alpha value is -2.29. The summed E-state index contributed by atoms with van der Waals surface area (Å²) in [5.41, 5.74) is 0.609. The maximum absolute atomic E-state index is 12.9. The van der Waals surface area contributed by atoms with E-state index in [0.717, 1.165) is 4.31 Å². The van der Waals surface area contributed by atoms with Crippen molar-refractivity contribution < 1.29 is 27.4 Å². The van der Waals surface area contributed by atoms with Crippen LogP contribution in [0.5, 0.6) is 11.5 Å². The van der Waals surface area contributed by atoms with Crippen LogP contribution in [0.1, 0.15) is 15.9 Å². The van der Waals surface area contributed by atoms with Crippen LogP contribution in [0.15, 0.2) is 41.3 Å². The fraction of sp³-hybridized carbons (Fsp3) is 0.278. The Bertz CT molecular complexity index is 945. The molecule has 0 amide bonds. The Balaban J connectivity index is 2.39. The third kappa shape index (κ3) is 4.52. The van der Waals surface area contributed by atoms with Crippen LogP contribution < -0.4 is 9.47 Å². The number of benzene rings is 2. The Morgan fingerprint density at radius 3 is 2.37 bits per heavy atom. The van der Waals surface area contributed by atoms with Crippen LogP contribution in [-0.4, -0.2) is 47.1 Å². The molecular formula is C18H20ClNO6S. The normalized spacial score (nSPS) is 11.3. The first-order chi connectivity index (χ1) is 12.7. The van der Waals surface area contributed by atoms with Gasteiger partial charge in [0.05, 0.1) is 36.8 Å². The molecule has 0 spiro atoms. The molecule has 0 atom stereocenters. The number of carbonyl (C=O) groups excluding carboxylic acids is 1. The third-order valence-corrected chi connectivity index (χ3v) is 6.06. The number of methoxy groups -OCH3 is 3. The minimum Gasteiger partial charge on any atom is -0.497 e. The number of carbonyl (C=O) groups is 1. The molecule has 0 radical (unpaired) electrons. The molecule has 0 aliphatic rings. The molecule has 0 aliphatic heterocycles. The van der Waals surface area contributed by atoms with Gasteiger partial charge < -0.3 is 14.2 Å². The van der Waals surface area contributed by atoms with E-state index in [0.29, 0.717) is 17.1 Å². The molecule has 0 fully saturated rings. The van der Waals surface area contributed by atoms with Crippen molar-refractivity contribution in [3.63, 3.8) is 0 Å². The lowest BCUT2D eigenvalue weighted by Gasteiger charge is -2.19. The van der Waals surface area contributed by atoms with E-state index >= 15 is 0 Å². The molecule has 27 heavy (non-hydrogen) atoms. The van der Waals surface area contributed by atoms with Crippen LogP contribution in [-0.2, 0) is 21.3 Å². The number of halogens is 1. The van der Waals surface area contributed by atoms with E-state index in [4.69, 9.17) is 21.1 Å². The van der Waals surface area contributed by atoms with Crippen molar-refractivity contribution in [2.24, 2.45) is 0 Å². The number of nitrogens with zero attached hydrogens (tertiary/aromatic N) is 1. The minimum atomic E-state index is -3.89. The molecule has 2 aromatic carbocycles. The van der Waals surface area contributed by atoms with Gasteiger partial charge in [0.15, 0.2) is 0 Å². The lowest BCUT2D eigenvalue weighted by molar-refractivity contribution is 0.0600. The van der Waals surface area contributed by atoms with Gasteiger partial charge in [-0.05, 0) is 36.4 Å². The summed E-state index contributed by atoms with van der Waals surface area (Å²) >= 11 is 5.96. The Kier molecular flexibility index (Phi) is 6.69. The van der Waals surface area contributed by atoms with Crippen molar-refractivity contribution in [2.75, 3.05) is 28.4 Å². The Morgan fingerprint density at radius 1 is 1.07 bits per heavy atom. The smallest absolute Gasteiger partial charge is 0.339 e. The van der Waals surface area contributed by atoms with Crippen LogP contribution in [0.4, 0.5) is 0 Å². The van der Waals surface area contributed by atoms with Gasteiger partial charge in [0.25, 0.3) is 0 Å². The van der Waals surface area contributed by atoms with Gasteiger partial charge in [-0.25, -0.2) is 13.2 Å². The molecule has 2 aromatic rings. The largest absolute Gasteiger partial charge is 0.497 e. The summed E-state index contributed by atoms with van der Waals surface area (Å²) in [5.74, 6) is 0.398. The average Bonchev–Trinajstić information content (AvgIpc) is 2.67. The van der Waals surface area contributed by atoms with Crippen LogP contribution in [0.3, 0.4) is 0 Å². The van der Waals surface area contributed by atoms with Gasteiger partial charge in [0, 0.05) is 19.2 Å². The quantitative estimate of drug-likeness (QED) is 0.649. The summed E-state index contributed by atoms with van der Waals surface area (Å²) in [7, 11) is 1.76. The van der Waals surface area contributed by atoms with Crippen molar-refractivity contribution in [2.45, 2.75) is 11.4 Å². The average molecular weight is 414 g/mol. The number of hydrogen-bond donors (Lipinski definition) is 0. The summed E-state index contributed by atoms with van der Waals surface area (Å²) in [5, 5.41) is 0.109. The van der Waals surface area contributed by atoms with Crippen LogP contribution in [0.2, 0.25) is 5.02 Å². The molecule has 0 aromatic heterocycles. The van der Waals surface area contributed by atoms with Crippen molar-refractivity contribution in [3.05, 3.63) is 52.5 Å². The fourth-order valence-corrected chi connectivity index (χ4v) is 3.81. The maximum atomic E-state index is 12.9. The fourth-order valence-electron chi connectivity index (χ4n) is 2.44. The van der Waals surface area contributed by atoms with Gasteiger partial charge in [-0.3, -0.25) is 0 Å². The number of ether oxygens (including phenoxy) is 3. The Morgan fingerprint density at radius 2 is 1.78 bits per heavy atom. The van der Waals surface area contributed by atoms with Crippen molar-refractivity contribution in [3.8, 4) is 11.5 Å². The van der Waals surface area contributed by atoms with Crippen molar-refractivity contribution in [1.29, 1.82) is 0 Å². The molecule has 0 aliphatic carbocycles. The van der Waals surface area contributed by atoms with Crippen molar-refractivity contribution >= 4 is 27.6 Å². The zero-order valence-corrected chi connectivity index (χ0v) is 16.9. The highest BCUT2D eigenvalue weighted by Gasteiger charge is 2.24. The second-order valence-electron chi connectivity index (χ2n) is 5.57. The van der Waals surface area contributed by atoms with Crippen LogP contribution in [0.25, 0.3) is 0 Å². The molecule has 9 heteroatoms. The Labute approximate surface area is 163 Å². The summed E-state index contributed by atoms with van der Waals surface area (Å²) in [4.78, 5) is 11.7. The van der Waals surface area contributed by atoms with Crippen LogP contribution in [0, 0.1) is 0 Å². The second kappa shape index (κ2) is 8.60. The molecule has 0 bridgehead atoms. The summed E-state index contributed by atoms with van der Waals surface area (Å²) in [6, 6.07) is 9.00. The molecule has 0 N–H and O–H groups in total. The lowest BCUT2D eigenvalue weighted by atomic mass is 10.2. The molecule has 0 unspecified atom stereocenters. The van der Waals surface area contributed by atoms with Gasteiger partial charge in [-0.1, -0.05) is 11.6 Å². The van der Waals surface area contributed by atoms with E-state index in [9.17, 15) is 13.2 Å². The molecule has 0 saturated heterocycles. The van der Waals surface area contributed by atoms with Crippen LogP contribution >= 0.6 is 11.6 Å². The highest BCUT2D eigenvalue weighted by atomic mass is 35.5. The predicted octanol–water partition coefficient (Wildman–Crippen LogP) is 2.96. The molecule has 7 nitrogen and oxygen atoms in total. The number of hydrogen-bond acceptors (Lipinski definition) is 6. The van der Waals surface area contributed by atoms with E-state index < -0.39 is 16.0 Å². The van der Waals surface area contributed by atoms with E-state index in [2.05, 4.69) is 4.74 Å². The molecule has 2 rings (SSSR count). The van der Waals surface area contributed by atoms with Gasteiger partial charge in [-0.2, -0.15) is 4.31 Å². The van der Waals surface area contributed by atoms with Gasteiger partial charge in [0.1, 0.15) is 11.5 Å².